The maximum Gasteiger partial charge on any atom is 0.115 e. The zero-order chi connectivity index (χ0) is 23.8. The summed E-state index contributed by atoms with van der Waals surface area (Å²) in [6, 6.07) is 32.8. The van der Waals surface area contributed by atoms with Crippen molar-refractivity contribution in [2.75, 3.05) is 11.5 Å². The lowest BCUT2D eigenvalue weighted by Gasteiger charge is -2.14. The van der Waals surface area contributed by atoms with E-state index < -0.39 is 6.10 Å². The van der Waals surface area contributed by atoms with Crippen molar-refractivity contribution in [1.29, 1.82) is 5.26 Å². The van der Waals surface area contributed by atoms with Gasteiger partial charge in [-0.25, -0.2) is 4.98 Å². The molecule has 0 fully saturated rings. The van der Waals surface area contributed by atoms with Crippen molar-refractivity contribution in [3.05, 3.63) is 108 Å². The van der Waals surface area contributed by atoms with E-state index in [1.165, 1.54) is 22.9 Å². The van der Waals surface area contributed by atoms with Crippen LogP contribution in [0.2, 0.25) is 0 Å². The molecule has 1 heterocycles. The summed E-state index contributed by atoms with van der Waals surface area (Å²) < 4.78 is 0. The fraction of sp³-hybridized carbons (Fsp3) is 0.172. The molecule has 0 amide bonds. The van der Waals surface area contributed by atoms with Gasteiger partial charge in [-0.1, -0.05) is 90.5 Å². The summed E-state index contributed by atoms with van der Waals surface area (Å²) in [5.41, 5.74) is 6.67. The van der Waals surface area contributed by atoms with Gasteiger partial charge < -0.3 is 5.11 Å². The Bertz CT molecular complexity index is 1250. The Balaban J connectivity index is 1.56. The molecule has 34 heavy (non-hydrogen) atoms. The Kier molecular flexibility index (Phi) is 8.43. The molecule has 0 bridgehead atoms. The highest BCUT2D eigenvalue weighted by atomic mass is 32.2. The largest absolute Gasteiger partial charge is 0.391 e. The van der Waals surface area contributed by atoms with Gasteiger partial charge in [-0.15, -0.1) is 11.8 Å². The first-order valence-electron chi connectivity index (χ1n) is 11.1. The third-order valence-corrected chi connectivity index (χ3v) is 7.64. The van der Waals surface area contributed by atoms with E-state index in [0.29, 0.717) is 22.1 Å². The molecular weight excluding hydrogens is 456 g/mol. The Morgan fingerprint density at radius 2 is 1.56 bits per heavy atom. The quantitative estimate of drug-likeness (QED) is 0.261. The molecule has 1 atom stereocenters. The third kappa shape index (κ3) is 6.30. The Morgan fingerprint density at radius 3 is 2.24 bits per heavy atom. The number of hydrogen-bond donors (Lipinski definition) is 1. The van der Waals surface area contributed by atoms with Crippen LogP contribution in [-0.2, 0) is 5.75 Å². The van der Waals surface area contributed by atoms with Crippen LogP contribution in [0.4, 0.5) is 0 Å². The van der Waals surface area contributed by atoms with Crippen molar-refractivity contribution in [2.24, 2.45) is 0 Å². The van der Waals surface area contributed by atoms with Crippen molar-refractivity contribution in [3.63, 3.8) is 0 Å². The smallest absolute Gasteiger partial charge is 0.115 e. The molecule has 0 saturated heterocycles. The van der Waals surface area contributed by atoms with E-state index >= 15 is 0 Å². The van der Waals surface area contributed by atoms with Crippen LogP contribution in [-0.4, -0.2) is 27.7 Å². The second-order valence-electron chi connectivity index (χ2n) is 8.04. The van der Waals surface area contributed by atoms with Gasteiger partial charge in [0.25, 0.3) is 0 Å². The molecule has 0 spiro atoms. The number of aliphatic hydroxyl groups is 1. The molecule has 0 aliphatic carbocycles. The van der Waals surface area contributed by atoms with Crippen molar-refractivity contribution in [2.45, 2.75) is 23.8 Å². The molecule has 0 aliphatic rings. The summed E-state index contributed by atoms with van der Waals surface area (Å²) in [4.78, 5) is 4.85. The number of aromatic nitrogens is 1. The molecule has 1 unspecified atom stereocenters. The number of aryl methyl sites for hydroxylation is 1. The van der Waals surface area contributed by atoms with Crippen LogP contribution in [0.5, 0.6) is 0 Å². The number of hydrogen-bond acceptors (Lipinski definition) is 5. The van der Waals surface area contributed by atoms with E-state index in [4.69, 9.17) is 4.98 Å². The monoisotopic (exact) mass is 482 g/mol. The van der Waals surface area contributed by atoms with Crippen molar-refractivity contribution >= 4 is 23.5 Å². The van der Waals surface area contributed by atoms with E-state index in [-0.39, 0.29) is 0 Å². The second-order valence-corrected chi connectivity index (χ2v) is 10.1. The number of rotatable bonds is 9. The maximum absolute atomic E-state index is 10.6. The normalized spacial score (nSPS) is 11.7. The summed E-state index contributed by atoms with van der Waals surface area (Å²) in [5.74, 6) is 1.98. The molecule has 4 rings (SSSR count). The first kappa shape index (κ1) is 24.1. The number of nitrogens with zero attached hydrogens (tertiary/aromatic N) is 2. The van der Waals surface area contributed by atoms with E-state index in [1.54, 1.807) is 11.8 Å². The highest BCUT2D eigenvalue weighted by molar-refractivity contribution is 7.99. The first-order chi connectivity index (χ1) is 16.6. The molecule has 3 aromatic carbocycles. The van der Waals surface area contributed by atoms with Crippen LogP contribution in [0, 0.1) is 18.3 Å². The number of benzene rings is 3. The van der Waals surface area contributed by atoms with Gasteiger partial charge in [0.2, 0.25) is 0 Å². The van der Waals surface area contributed by atoms with E-state index in [2.05, 4.69) is 49.4 Å². The molecule has 5 heteroatoms. The average Bonchev–Trinajstić information content (AvgIpc) is 2.88. The highest BCUT2D eigenvalue weighted by Crippen LogP contribution is 2.34. The van der Waals surface area contributed by atoms with Crippen LogP contribution in [0.15, 0.2) is 96.0 Å². The molecule has 0 saturated carbocycles. The highest BCUT2D eigenvalue weighted by Gasteiger charge is 2.17. The summed E-state index contributed by atoms with van der Waals surface area (Å²) in [6.07, 6.45) is -0.490. The molecule has 1 aromatic heterocycles. The van der Waals surface area contributed by atoms with Gasteiger partial charge in [-0.05, 0) is 24.1 Å². The van der Waals surface area contributed by atoms with Crippen molar-refractivity contribution in [1.82, 2.24) is 4.98 Å². The summed E-state index contributed by atoms with van der Waals surface area (Å²) in [5, 5.41) is 21.3. The van der Waals surface area contributed by atoms with Gasteiger partial charge in [0.15, 0.2) is 0 Å². The maximum atomic E-state index is 10.6. The predicted octanol–water partition coefficient (Wildman–Crippen LogP) is 6.98. The molecule has 4 aromatic rings. The van der Waals surface area contributed by atoms with E-state index in [0.717, 1.165) is 28.1 Å². The summed E-state index contributed by atoms with van der Waals surface area (Å²) >= 11 is 3.16. The van der Waals surface area contributed by atoms with Crippen LogP contribution in [0.25, 0.3) is 22.4 Å². The molecule has 0 radical (unpaired) electrons. The van der Waals surface area contributed by atoms with Gasteiger partial charge in [0.05, 0.1) is 17.4 Å². The molecule has 1 N–H and O–H groups in total. The fourth-order valence-corrected chi connectivity index (χ4v) is 5.58. The Hall–Kier alpha value is -3.04. The molecule has 0 aliphatic heterocycles. The second kappa shape index (κ2) is 11.9. The minimum absolute atomic E-state index is 0.481. The van der Waals surface area contributed by atoms with Gasteiger partial charge >= 0.3 is 0 Å². The van der Waals surface area contributed by atoms with Gasteiger partial charge in [-0.2, -0.15) is 17.0 Å². The standard InChI is InChI=1S/C29H26N2OS2/c1-21-12-14-24(15-13-21)28-16-26(23-10-6-3-7-11-23)27(17-30)29(31-28)34-20-25(32)19-33-18-22-8-4-2-5-9-22/h2-16,25,32H,18-20H2,1H3. The predicted molar refractivity (Wildman–Crippen MR) is 144 cm³/mol. The Morgan fingerprint density at radius 1 is 0.882 bits per heavy atom. The van der Waals surface area contributed by atoms with Gasteiger partial charge in [0, 0.05) is 28.4 Å². The summed E-state index contributed by atoms with van der Waals surface area (Å²) in [6.45, 7) is 2.06. The van der Waals surface area contributed by atoms with Crippen LogP contribution >= 0.6 is 23.5 Å². The zero-order valence-corrected chi connectivity index (χ0v) is 20.7. The van der Waals surface area contributed by atoms with Crippen LogP contribution in [0.1, 0.15) is 16.7 Å². The van der Waals surface area contributed by atoms with Gasteiger partial charge in [0.1, 0.15) is 11.1 Å². The lowest BCUT2D eigenvalue weighted by molar-refractivity contribution is 0.225. The number of thioether (sulfide) groups is 2. The topological polar surface area (TPSA) is 56.9 Å². The summed E-state index contributed by atoms with van der Waals surface area (Å²) in [7, 11) is 0. The Labute approximate surface area is 209 Å². The first-order valence-corrected chi connectivity index (χ1v) is 13.3. The SMILES string of the molecule is Cc1ccc(-c2cc(-c3ccccc3)c(C#N)c(SCC(O)CSCc3ccccc3)n2)cc1. The minimum Gasteiger partial charge on any atom is -0.391 e. The molecule has 170 valence electrons. The van der Waals surface area contributed by atoms with Crippen molar-refractivity contribution in [3.8, 4) is 28.5 Å². The molecule has 3 nitrogen and oxygen atoms in total. The average molecular weight is 483 g/mol. The third-order valence-electron chi connectivity index (χ3n) is 5.36. The van der Waals surface area contributed by atoms with Crippen LogP contribution in [0.3, 0.4) is 0 Å². The fourth-order valence-electron chi connectivity index (χ4n) is 3.56. The lowest BCUT2D eigenvalue weighted by atomic mass is 9.99. The number of aliphatic hydroxyl groups excluding tert-OH is 1. The lowest BCUT2D eigenvalue weighted by Crippen LogP contribution is -2.13. The van der Waals surface area contributed by atoms with E-state index in [9.17, 15) is 10.4 Å². The number of nitriles is 1. The van der Waals surface area contributed by atoms with Gasteiger partial charge in [-0.3, -0.25) is 0 Å². The zero-order valence-electron chi connectivity index (χ0n) is 19.0. The number of pyridine rings is 1. The van der Waals surface area contributed by atoms with E-state index in [1.807, 2.05) is 54.6 Å². The van der Waals surface area contributed by atoms with Crippen molar-refractivity contribution < 1.29 is 5.11 Å². The molecular formula is C29H26N2OS2. The van der Waals surface area contributed by atoms with Crippen LogP contribution < -0.4 is 0 Å². The minimum atomic E-state index is -0.490.